The van der Waals surface area contributed by atoms with E-state index in [1.807, 2.05) is 20.8 Å². The van der Waals surface area contributed by atoms with E-state index in [0.29, 0.717) is 5.02 Å². The van der Waals surface area contributed by atoms with Gasteiger partial charge in [-0.2, -0.15) is 0 Å². The number of nitrogens with one attached hydrogen (secondary N) is 1. The topological polar surface area (TPSA) is 54.5 Å². The maximum Gasteiger partial charge on any atom is 0.407 e. The monoisotopic (exact) mass is 407 g/mol. The minimum atomic E-state index is -0.489. The summed E-state index contributed by atoms with van der Waals surface area (Å²) in [6, 6.07) is 4.72. The van der Waals surface area contributed by atoms with Crippen LogP contribution in [-0.4, -0.2) is 47.3 Å². The van der Waals surface area contributed by atoms with E-state index in [9.17, 15) is 9.18 Å². The molecule has 0 unspecified atom stereocenters. The van der Waals surface area contributed by atoms with Gasteiger partial charge in [-0.15, -0.1) is 0 Å². The van der Waals surface area contributed by atoms with Gasteiger partial charge < -0.3 is 15.0 Å². The van der Waals surface area contributed by atoms with Crippen molar-refractivity contribution in [2.75, 3.05) is 19.6 Å². The first-order valence-electron chi connectivity index (χ1n) is 9.66. The zero-order valence-corrected chi connectivity index (χ0v) is 17.4. The van der Waals surface area contributed by atoms with Crippen LogP contribution in [0.15, 0.2) is 24.4 Å². The largest absolute Gasteiger partial charge is 0.444 e. The molecule has 1 fully saturated rings. The molecule has 0 aliphatic carbocycles. The minimum Gasteiger partial charge on any atom is -0.444 e. The van der Waals surface area contributed by atoms with Crippen LogP contribution in [0.25, 0.3) is 10.9 Å². The first-order valence-corrected chi connectivity index (χ1v) is 10.0. The molecule has 0 radical (unpaired) electrons. The minimum absolute atomic E-state index is 0.130. The van der Waals surface area contributed by atoms with Gasteiger partial charge >= 0.3 is 6.09 Å². The van der Waals surface area contributed by atoms with Crippen molar-refractivity contribution in [3.8, 4) is 0 Å². The summed E-state index contributed by atoms with van der Waals surface area (Å²) in [6.45, 7) is 8.17. The summed E-state index contributed by atoms with van der Waals surface area (Å²) < 4.78 is 19.0. The van der Waals surface area contributed by atoms with Crippen molar-refractivity contribution in [2.24, 2.45) is 0 Å². The van der Waals surface area contributed by atoms with E-state index in [1.165, 1.54) is 12.1 Å². The SMILES string of the molecule is CC(C)(C)OC(=O)NC1CCN(CCc2c(Cl)cnc3ccc(F)cc23)CC1. The van der Waals surface area contributed by atoms with Gasteiger partial charge in [0.1, 0.15) is 11.4 Å². The van der Waals surface area contributed by atoms with Crippen LogP contribution in [0.2, 0.25) is 5.02 Å². The van der Waals surface area contributed by atoms with Crippen molar-refractivity contribution >= 4 is 28.6 Å². The van der Waals surface area contributed by atoms with Crippen molar-refractivity contribution in [2.45, 2.75) is 51.7 Å². The van der Waals surface area contributed by atoms with E-state index in [-0.39, 0.29) is 18.0 Å². The van der Waals surface area contributed by atoms with Crippen LogP contribution in [0.3, 0.4) is 0 Å². The zero-order chi connectivity index (χ0) is 20.3. The number of hydrogen-bond donors (Lipinski definition) is 1. The van der Waals surface area contributed by atoms with Gasteiger partial charge in [0.15, 0.2) is 0 Å². The standard InChI is InChI=1S/C21H27ClFN3O2/c1-21(2,3)28-20(27)25-15-6-9-26(10-7-15)11-8-16-17-12-14(23)4-5-19(17)24-13-18(16)22/h4-5,12-13,15H,6-11H2,1-3H3,(H,25,27). The Balaban J connectivity index is 1.54. The zero-order valence-electron chi connectivity index (χ0n) is 16.6. The molecule has 1 amide bonds. The number of nitrogens with zero attached hydrogens (tertiary/aromatic N) is 2. The number of rotatable bonds is 4. The van der Waals surface area contributed by atoms with E-state index < -0.39 is 5.60 Å². The number of carbonyl (C=O) groups excluding carboxylic acids is 1. The van der Waals surface area contributed by atoms with Crippen molar-refractivity contribution in [1.29, 1.82) is 0 Å². The van der Waals surface area contributed by atoms with Gasteiger partial charge in [-0.1, -0.05) is 11.6 Å². The summed E-state index contributed by atoms with van der Waals surface area (Å²) in [5.41, 5.74) is 1.19. The van der Waals surface area contributed by atoms with Crippen LogP contribution in [-0.2, 0) is 11.2 Å². The Morgan fingerprint density at radius 2 is 2.07 bits per heavy atom. The second-order valence-electron chi connectivity index (χ2n) is 8.26. The highest BCUT2D eigenvalue weighted by Crippen LogP contribution is 2.26. The van der Waals surface area contributed by atoms with Crippen LogP contribution in [0.1, 0.15) is 39.2 Å². The Morgan fingerprint density at radius 1 is 1.36 bits per heavy atom. The maximum atomic E-state index is 13.7. The molecule has 1 aliphatic heterocycles. The Bertz CT molecular complexity index is 840. The summed E-state index contributed by atoms with van der Waals surface area (Å²) in [5.74, 6) is -0.285. The lowest BCUT2D eigenvalue weighted by Gasteiger charge is -2.33. The van der Waals surface area contributed by atoms with Gasteiger partial charge in [0.2, 0.25) is 0 Å². The molecule has 0 spiro atoms. The third kappa shape index (κ3) is 5.55. The molecule has 0 bridgehead atoms. The normalized spacial score (nSPS) is 16.3. The number of amides is 1. The number of piperidine rings is 1. The lowest BCUT2D eigenvalue weighted by atomic mass is 10.0. The number of pyridine rings is 1. The number of hydrogen-bond acceptors (Lipinski definition) is 4. The highest BCUT2D eigenvalue weighted by molar-refractivity contribution is 6.32. The summed E-state index contributed by atoms with van der Waals surface area (Å²) in [5, 5.41) is 4.29. The molecule has 3 rings (SSSR count). The highest BCUT2D eigenvalue weighted by Gasteiger charge is 2.23. The summed E-state index contributed by atoms with van der Waals surface area (Å²) in [6.07, 6.45) is 3.75. The molecule has 2 heterocycles. The first kappa shape index (κ1) is 20.8. The molecule has 1 N–H and O–H groups in total. The summed E-state index contributed by atoms with van der Waals surface area (Å²) in [7, 11) is 0. The Morgan fingerprint density at radius 3 is 2.75 bits per heavy atom. The molecule has 5 nitrogen and oxygen atoms in total. The van der Waals surface area contributed by atoms with Gasteiger partial charge in [-0.05, 0) is 63.8 Å². The number of alkyl carbamates (subject to hydrolysis) is 1. The van der Waals surface area contributed by atoms with E-state index >= 15 is 0 Å². The van der Waals surface area contributed by atoms with Gasteiger partial charge in [0.05, 0.1) is 10.5 Å². The smallest absolute Gasteiger partial charge is 0.407 e. The molecule has 1 aromatic carbocycles. The molecule has 2 aromatic rings. The third-order valence-electron chi connectivity index (χ3n) is 4.88. The molecule has 152 valence electrons. The molecule has 0 saturated carbocycles. The molecule has 1 aromatic heterocycles. The van der Waals surface area contributed by atoms with Gasteiger partial charge in [0, 0.05) is 37.3 Å². The molecule has 1 saturated heterocycles. The predicted molar refractivity (Wildman–Crippen MR) is 109 cm³/mol. The van der Waals surface area contributed by atoms with Crippen LogP contribution >= 0.6 is 11.6 Å². The number of fused-ring (bicyclic) bond motifs is 1. The molecular weight excluding hydrogens is 381 g/mol. The number of aromatic nitrogens is 1. The second kappa shape index (κ2) is 8.62. The number of likely N-dealkylation sites (tertiary alicyclic amines) is 1. The first-order chi connectivity index (χ1) is 13.2. The van der Waals surface area contributed by atoms with Crippen LogP contribution in [0, 0.1) is 5.82 Å². The van der Waals surface area contributed by atoms with E-state index in [4.69, 9.17) is 16.3 Å². The molecule has 28 heavy (non-hydrogen) atoms. The van der Waals surface area contributed by atoms with Gasteiger partial charge in [-0.3, -0.25) is 4.98 Å². The molecule has 0 atom stereocenters. The molecular formula is C21H27ClFN3O2. The molecule has 1 aliphatic rings. The van der Waals surface area contributed by atoms with Crippen LogP contribution < -0.4 is 5.32 Å². The van der Waals surface area contributed by atoms with Gasteiger partial charge in [-0.25, -0.2) is 9.18 Å². The van der Waals surface area contributed by atoms with Crippen LogP contribution in [0.5, 0.6) is 0 Å². The second-order valence-corrected chi connectivity index (χ2v) is 8.67. The maximum absolute atomic E-state index is 13.7. The fourth-order valence-corrected chi connectivity index (χ4v) is 3.74. The Kier molecular flexibility index (Phi) is 6.40. The lowest BCUT2D eigenvalue weighted by molar-refractivity contribution is 0.0479. The van der Waals surface area contributed by atoms with Crippen molar-refractivity contribution < 1.29 is 13.9 Å². The highest BCUT2D eigenvalue weighted by atomic mass is 35.5. The summed E-state index contributed by atoms with van der Waals surface area (Å²) >= 11 is 6.34. The van der Waals surface area contributed by atoms with E-state index in [1.54, 1.807) is 12.3 Å². The van der Waals surface area contributed by atoms with E-state index in [0.717, 1.165) is 55.4 Å². The predicted octanol–water partition coefficient (Wildman–Crippen LogP) is 4.56. The average molecular weight is 408 g/mol. The van der Waals surface area contributed by atoms with Crippen molar-refractivity contribution in [3.63, 3.8) is 0 Å². The summed E-state index contributed by atoms with van der Waals surface area (Å²) in [4.78, 5) is 18.5. The fraction of sp³-hybridized carbons (Fsp3) is 0.524. The van der Waals surface area contributed by atoms with E-state index in [2.05, 4.69) is 15.2 Å². The van der Waals surface area contributed by atoms with Crippen LogP contribution in [0.4, 0.5) is 9.18 Å². The lowest BCUT2D eigenvalue weighted by Crippen LogP contribution is -2.46. The molecule has 7 heteroatoms. The third-order valence-corrected chi connectivity index (χ3v) is 5.20. The van der Waals surface area contributed by atoms with Crippen molar-refractivity contribution in [1.82, 2.24) is 15.2 Å². The van der Waals surface area contributed by atoms with Crippen molar-refractivity contribution in [3.05, 3.63) is 40.8 Å². The van der Waals surface area contributed by atoms with Gasteiger partial charge in [0.25, 0.3) is 0 Å². The number of ether oxygens (including phenoxy) is 1. The number of benzene rings is 1. The number of carbonyl (C=O) groups is 1. The Labute approximate surface area is 170 Å². The quantitative estimate of drug-likeness (QED) is 0.807. The average Bonchev–Trinajstić information content (AvgIpc) is 2.60. The Hall–Kier alpha value is -1.92. The fourth-order valence-electron chi connectivity index (χ4n) is 3.49. The number of halogens is 2.